The number of aromatic nitrogens is 1. The molecule has 2 aromatic rings. The number of nitrogens with zero attached hydrogens (tertiary/aromatic N) is 2. The second kappa shape index (κ2) is 6.19. The van der Waals surface area contributed by atoms with Gasteiger partial charge in [0.1, 0.15) is 5.82 Å². The summed E-state index contributed by atoms with van der Waals surface area (Å²) in [5, 5.41) is 3.80. The van der Waals surface area contributed by atoms with Crippen molar-refractivity contribution in [3.63, 3.8) is 0 Å². The van der Waals surface area contributed by atoms with E-state index in [0.717, 1.165) is 0 Å². The molecule has 0 aliphatic carbocycles. The molecule has 4 nitrogen and oxygen atoms in total. The number of carbonyl (C=O) groups excluding carboxylic acids is 1. The van der Waals surface area contributed by atoms with Crippen LogP contribution in [0, 0.1) is 5.82 Å². The first-order valence-electron chi connectivity index (χ1n) is 5.35. The number of nitrogens with one attached hydrogen (secondary N) is 1. The lowest BCUT2D eigenvalue weighted by Crippen LogP contribution is -2.17. The molecular formula is C13H9BrFN3O. The van der Waals surface area contributed by atoms with Gasteiger partial charge in [0.05, 0.1) is 10.7 Å². The molecule has 1 aromatic carbocycles. The average Bonchev–Trinajstić information content (AvgIpc) is 2.43. The van der Waals surface area contributed by atoms with Crippen molar-refractivity contribution in [2.24, 2.45) is 5.10 Å². The van der Waals surface area contributed by atoms with Crippen LogP contribution in [-0.2, 0) is 0 Å². The van der Waals surface area contributed by atoms with E-state index in [2.05, 4.69) is 31.4 Å². The Morgan fingerprint density at radius 1 is 1.32 bits per heavy atom. The number of hydrogen-bond acceptors (Lipinski definition) is 3. The van der Waals surface area contributed by atoms with Crippen LogP contribution in [-0.4, -0.2) is 17.1 Å². The molecule has 1 amide bonds. The summed E-state index contributed by atoms with van der Waals surface area (Å²) in [6.07, 6.45) is 4.48. The molecule has 1 N–H and O–H groups in total. The van der Waals surface area contributed by atoms with Crippen LogP contribution >= 0.6 is 15.9 Å². The Bertz CT molecular complexity index is 617. The van der Waals surface area contributed by atoms with Crippen LogP contribution in [0.4, 0.5) is 4.39 Å². The summed E-state index contributed by atoms with van der Waals surface area (Å²) in [5.74, 6) is -0.683. The standard InChI is InChI=1S/C13H9BrFN3O/c14-11-7-9(1-2-12(11)15)8-17-18-13(19)10-3-5-16-6-4-10/h1-8H,(H,18,19)/b17-8+. The van der Waals surface area contributed by atoms with Gasteiger partial charge in [-0.2, -0.15) is 5.10 Å². The normalized spacial score (nSPS) is 10.6. The summed E-state index contributed by atoms with van der Waals surface area (Å²) < 4.78 is 13.3. The van der Waals surface area contributed by atoms with E-state index in [4.69, 9.17) is 0 Å². The molecule has 0 radical (unpaired) electrons. The number of hydrogen-bond donors (Lipinski definition) is 1. The highest BCUT2D eigenvalue weighted by atomic mass is 79.9. The molecular weight excluding hydrogens is 313 g/mol. The Labute approximate surface area is 117 Å². The predicted octanol–water partition coefficient (Wildman–Crippen LogP) is 2.75. The fourth-order valence-electron chi connectivity index (χ4n) is 1.33. The average molecular weight is 322 g/mol. The lowest BCUT2D eigenvalue weighted by molar-refractivity contribution is 0.0955. The molecule has 0 unspecified atom stereocenters. The van der Waals surface area contributed by atoms with E-state index in [9.17, 15) is 9.18 Å². The van der Waals surface area contributed by atoms with Crippen LogP contribution in [0.2, 0.25) is 0 Å². The van der Waals surface area contributed by atoms with E-state index >= 15 is 0 Å². The lowest BCUT2D eigenvalue weighted by atomic mass is 10.2. The maximum absolute atomic E-state index is 13.0. The highest BCUT2D eigenvalue weighted by Gasteiger charge is 2.02. The van der Waals surface area contributed by atoms with Crippen molar-refractivity contribution in [3.8, 4) is 0 Å². The predicted molar refractivity (Wildman–Crippen MR) is 73.4 cm³/mol. The largest absolute Gasteiger partial charge is 0.271 e. The zero-order valence-electron chi connectivity index (χ0n) is 9.68. The van der Waals surface area contributed by atoms with E-state index in [1.807, 2.05) is 0 Å². The van der Waals surface area contributed by atoms with E-state index in [-0.39, 0.29) is 11.7 Å². The first-order valence-corrected chi connectivity index (χ1v) is 6.14. The third-order valence-corrected chi connectivity index (χ3v) is 2.87. The van der Waals surface area contributed by atoms with E-state index in [1.54, 1.807) is 24.3 Å². The van der Waals surface area contributed by atoms with Gasteiger partial charge in [-0.1, -0.05) is 6.07 Å². The van der Waals surface area contributed by atoms with Gasteiger partial charge in [-0.05, 0) is 45.8 Å². The topological polar surface area (TPSA) is 54.4 Å². The maximum atomic E-state index is 13.0. The van der Waals surface area contributed by atoms with Gasteiger partial charge in [-0.15, -0.1) is 0 Å². The number of carbonyl (C=O) groups is 1. The van der Waals surface area contributed by atoms with Gasteiger partial charge in [-0.25, -0.2) is 9.82 Å². The third-order valence-electron chi connectivity index (χ3n) is 2.27. The van der Waals surface area contributed by atoms with Crippen molar-refractivity contribution >= 4 is 28.1 Å². The second-order valence-electron chi connectivity index (χ2n) is 3.61. The zero-order valence-corrected chi connectivity index (χ0v) is 11.3. The smallest absolute Gasteiger partial charge is 0.267 e. The highest BCUT2D eigenvalue weighted by Crippen LogP contribution is 2.15. The van der Waals surface area contributed by atoms with Crippen LogP contribution in [0.3, 0.4) is 0 Å². The fourth-order valence-corrected chi connectivity index (χ4v) is 1.72. The van der Waals surface area contributed by atoms with Crippen molar-refractivity contribution in [2.45, 2.75) is 0 Å². The summed E-state index contributed by atoms with van der Waals surface area (Å²) in [4.78, 5) is 15.4. The number of benzene rings is 1. The molecule has 0 aliphatic rings. The number of rotatable bonds is 3. The van der Waals surface area contributed by atoms with Crippen molar-refractivity contribution in [1.82, 2.24) is 10.4 Å². The molecule has 1 heterocycles. The molecule has 6 heteroatoms. The minimum Gasteiger partial charge on any atom is -0.267 e. The first-order chi connectivity index (χ1) is 9.16. The molecule has 0 saturated carbocycles. The summed E-state index contributed by atoms with van der Waals surface area (Å²) in [6.45, 7) is 0. The van der Waals surface area contributed by atoms with Crippen molar-refractivity contribution < 1.29 is 9.18 Å². The van der Waals surface area contributed by atoms with E-state index in [0.29, 0.717) is 15.6 Å². The van der Waals surface area contributed by atoms with Gasteiger partial charge in [0, 0.05) is 18.0 Å². The molecule has 0 saturated heterocycles. The number of halogens is 2. The zero-order chi connectivity index (χ0) is 13.7. The van der Waals surface area contributed by atoms with Crippen LogP contribution in [0.5, 0.6) is 0 Å². The molecule has 2 rings (SSSR count). The Hall–Kier alpha value is -2.08. The van der Waals surface area contributed by atoms with Gasteiger partial charge in [0.15, 0.2) is 0 Å². The molecule has 19 heavy (non-hydrogen) atoms. The van der Waals surface area contributed by atoms with Crippen LogP contribution < -0.4 is 5.43 Å². The first kappa shape index (κ1) is 13.4. The SMILES string of the molecule is O=C(N/N=C/c1ccc(F)c(Br)c1)c1ccncc1. The second-order valence-corrected chi connectivity index (χ2v) is 4.46. The van der Waals surface area contributed by atoms with Crippen LogP contribution in [0.15, 0.2) is 52.3 Å². The minimum absolute atomic E-state index is 0.333. The Morgan fingerprint density at radius 2 is 2.05 bits per heavy atom. The van der Waals surface area contributed by atoms with Crippen molar-refractivity contribution in [1.29, 1.82) is 0 Å². The van der Waals surface area contributed by atoms with Crippen LogP contribution in [0.25, 0.3) is 0 Å². The molecule has 0 aliphatic heterocycles. The lowest BCUT2D eigenvalue weighted by Gasteiger charge is -1.99. The minimum atomic E-state index is -0.349. The number of amides is 1. The summed E-state index contributed by atoms with van der Waals surface area (Å²) in [7, 11) is 0. The van der Waals surface area contributed by atoms with Crippen LogP contribution in [0.1, 0.15) is 15.9 Å². The summed E-state index contributed by atoms with van der Waals surface area (Å²) in [6, 6.07) is 7.61. The summed E-state index contributed by atoms with van der Waals surface area (Å²) >= 11 is 3.07. The third kappa shape index (κ3) is 3.69. The molecule has 96 valence electrons. The number of hydrazone groups is 1. The maximum Gasteiger partial charge on any atom is 0.271 e. The van der Waals surface area contributed by atoms with Gasteiger partial charge in [0.2, 0.25) is 0 Å². The molecule has 0 atom stereocenters. The molecule has 0 spiro atoms. The number of pyridine rings is 1. The van der Waals surface area contributed by atoms with Gasteiger partial charge >= 0.3 is 0 Å². The molecule has 0 bridgehead atoms. The Kier molecular flexibility index (Phi) is 4.35. The van der Waals surface area contributed by atoms with E-state index < -0.39 is 0 Å². The van der Waals surface area contributed by atoms with Crippen molar-refractivity contribution in [2.75, 3.05) is 0 Å². The molecule has 1 aromatic heterocycles. The van der Waals surface area contributed by atoms with E-state index in [1.165, 1.54) is 24.7 Å². The van der Waals surface area contributed by atoms with Crippen molar-refractivity contribution in [3.05, 3.63) is 64.1 Å². The highest BCUT2D eigenvalue weighted by molar-refractivity contribution is 9.10. The Morgan fingerprint density at radius 3 is 2.74 bits per heavy atom. The van der Waals surface area contributed by atoms with Gasteiger partial charge in [-0.3, -0.25) is 9.78 Å². The monoisotopic (exact) mass is 321 g/mol. The van der Waals surface area contributed by atoms with Gasteiger partial charge < -0.3 is 0 Å². The quantitative estimate of drug-likeness (QED) is 0.698. The summed E-state index contributed by atoms with van der Waals surface area (Å²) in [5.41, 5.74) is 3.51. The Balaban J connectivity index is 2.00. The fraction of sp³-hybridized carbons (Fsp3) is 0. The molecule has 0 fully saturated rings. The van der Waals surface area contributed by atoms with Gasteiger partial charge in [0.25, 0.3) is 5.91 Å².